The number of carbonyl (C=O) groups is 2. The van der Waals surface area contributed by atoms with Crippen molar-refractivity contribution in [1.29, 1.82) is 5.26 Å². The van der Waals surface area contributed by atoms with E-state index < -0.39 is 17.6 Å². The molecule has 6 heteroatoms. The van der Waals surface area contributed by atoms with Crippen LogP contribution < -0.4 is 10.6 Å². The van der Waals surface area contributed by atoms with Crippen molar-refractivity contribution in [1.82, 2.24) is 10.6 Å². The highest BCUT2D eigenvalue weighted by molar-refractivity contribution is 5.91. The first kappa shape index (κ1) is 13.0. The molecule has 6 nitrogen and oxygen atoms in total. The number of nitrogens with zero attached hydrogens (tertiary/aromatic N) is 1. The van der Waals surface area contributed by atoms with Gasteiger partial charge in [-0.25, -0.2) is 9.59 Å². The lowest BCUT2D eigenvalue weighted by Crippen LogP contribution is -2.33. The van der Waals surface area contributed by atoms with Crippen LogP contribution in [-0.4, -0.2) is 23.7 Å². The Morgan fingerprint density at radius 3 is 2.67 bits per heavy atom. The number of amides is 2. The molecule has 0 aliphatic carbocycles. The zero-order valence-corrected chi connectivity index (χ0v) is 8.41. The van der Waals surface area contributed by atoms with Gasteiger partial charge >= 0.3 is 12.0 Å². The van der Waals surface area contributed by atoms with Crippen LogP contribution >= 0.6 is 0 Å². The van der Waals surface area contributed by atoms with E-state index in [1.165, 1.54) is 6.07 Å². The van der Waals surface area contributed by atoms with E-state index in [4.69, 9.17) is 10.4 Å². The maximum Gasteiger partial charge on any atom is 0.347 e. The fourth-order valence-corrected chi connectivity index (χ4v) is 0.709. The van der Waals surface area contributed by atoms with Gasteiger partial charge in [-0.2, -0.15) is 5.26 Å². The van der Waals surface area contributed by atoms with Crippen molar-refractivity contribution in [3.05, 3.63) is 11.8 Å². The first-order valence-corrected chi connectivity index (χ1v) is 4.49. The van der Waals surface area contributed by atoms with E-state index in [1.807, 2.05) is 6.92 Å². The number of carboxylic acid groups (broad SMARTS) is 1. The van der Waals surface area contributed by atoms with Crippen molar-refractivity contribution in [3.63, 3.8) is 0 Å². The van der Waals surface area contributed by atoms with Crippen LogP contribution in [0.5, 0.6) is 0 Å². The molecule has 0 heterocycles. The highest BCUT2D eigenvalue weighted by Crippen LogP contribution is 1.88. The van der Waals surface area contributed by atoms with Gasteiger partial charge in [0.15, 0.2) is 5.57 Å². The third kappa shape index (κ3) is 6.10. The Morgan fingerprint density at radius 2 is 2.20 bits per heavy atom. The van der Waals surface area contributed by atoms with E-state index in [2.05, 4.69) is 10.6 Å². The summed E-state index contributed by atoms with van der Waals surface area (Å²) in [7, 11) is 0. The predicted octanol–water partition coefficient (Wildman–Crippen LogP) is 0.578. The molecule has 0 bridgehead atoms. The molecule has 0 aromatic carbocycles. The second-order valence-corrected chi connectivity index (χ2v) is 2.73. The van der Waals surface area contributed by atoms with E-state index in [0.29, 0.717) is 6.54 Å². The van der Waals surface area contributed by atoms with E-state index in [9.17, 15) is 9.59 Å². The average Bonchev–Trinajstić information content (AvgIpc) is 2.18. The number of hydrogen-bond donors (Lipinski definition) is 3. The second-order valence-electron chi connectivity index (χ2n) is 2.73. The van der Waals surface area contributed by atoms with Gasteiger partial charge in [-0.3, -0.25) is 0 Å². The number of unbranched alkanes of at least 4 members (excludes halogenated alkanes) is 1. The quantitative estimate of drug-likeness (QED) is 0.351. The first-order chi connectivity index (χ1) is 7.11. The van der Waals surface area contributed by atoms with Crippen molar-refractivity contribution in [2.24, 2.45) is 0 Å². The summed E-state index contributed by atoms with van der Waals surface area (Å²) >= 11 is 0. The highest BCUT2D eigenvalue weighted by atomic mass is 16.4. The maximum atomic E-state index is 11.0. The molecule has 3 N–H and O–H groups in total. The van der Waals surface area contributed by atoms with Crippen LogP contribution in [0.3, 0.4) is 0 Å². The standard InChI is InChI=1S/C9H13N3O3/c1-2-3-4-11-9(15)12-6-7(5-10)8(13)14/h6H,2-4H2,1H3,(H,13,14)(H2,11,12,15)/b7-6-. The SMILES string of the molecule is CCCCNC(=O)N/C=C(/C#N)C(=O)O. The molecule has 0 radical (unpaired) electrons. The number of carbonyl (C=O) groups excluding carboxylic acids is 1. The molecule has 0 atom stereocenters. The van der Waals surface area contributed by atoms with Crippen LogP contribution in [0.15, 0.2) is 11.8 Å². The summed E-state index contributed by atoms with van der Waals surface area (Å²) in [5.41, 5.74) is -0.513. The zero-order valence-electron chi connectivity index (χ0n) is 8.41. The molecule has 0 spiro atoms. The molecule has 15 heavy (non-hydrogen) atoms. The van der Waals surface area contributed by atoms with Crippen molar-refractivity contribution in [2.75, 3.05) is 6.54 Å². The molecular formula is C9H13N3O3. The summed E-state index contributed by atoms with van der Waals surface area (Å²) in [5.74, 6) is -1.37. The molecule has 0 saturated carbocycles. The van der Waals surface area contributed by atoms with Crippen LogP contribution in [0.2, 0.25) is 0 Å². The molecule has 0 aromatic rings. The third-order valence-electron chi connectivity index (χ3n) is 1.51. The minimum Gasteiger partial charge on any atom is -0.477 e. The first-order valence-electron chi connectivity index (χ1n) is 4.49. The van der Waals surface area contributed by atoms with E-state index in [0.717, 1.165) is 19.0 Å². The fourth-order valence-electron chi connectivity index (χ4n) is 0.709. The fraction of sp³-hybridized carbons (Fsp3) is 0.444. The summed E-state index contributed by atoms with van der Waals surface area (Å²) in [6.45, 7) is 2.50. The van der Waals surface area contributed by atoms with Crippen molar-refractivity contribution >= 4 is 12.0 Å². The minimum absolute atomic E-state index is 0.513. The Morgan fingerprint density at radius 1 is 1.53 bits per heavy atom. The average molecular weight is 211 g/mol. The van der Waals surface area contributed by atoms with Gasteiger partial charge in [0.25, 0.3) is 0 Å². The predicted molar refractivity (Wildman–Crippen MR) is 52.8 cm³/mol. The van der Waals surface area contributed by atoms with E-state index >= 15 is 0 Å². The Labute approximate surface area is 87.6 Å². The van der Waals surface area contributed by atoms with Gasteiger partial charge in [-0.15, -0.1) is 0 Å². The normalized spacial score (nSPS) is 10.3. The number of nitriles is 1. The van der Waals surface area contributed by atoms with Crippen molar-refractivity contribution in [2.45, 2.75) is 19.8 Å². The Hall–Kier alpha value is -2.03. The van der Waals surface area contributed by atoms with Crippen LogP contribution in [0, 0.1) is 11.3 Å². The van der Waals surface area contributed by atoms with Gasteiger partial charge < -0.3 is 15.7 Å². The van der Waals surface area contributed by atoms with Crippen LogP contribution in [0.4, 0.5) is 4.79 Å². The molecule has 0 unspecified atom stereocenters. The Balaban J connectivity index is 3.98. The number of hydrogen-bond acceptors (Lipinski definition) is 3. The van der Waals surface area contributed by atoms with Gasteiger partial charge in [0, 0.05) is 12.7 Å². The van der Waals surface area contributed by atoms with Crippen LogP contribution in [0.1, 0.15) is 19.8 Å². The summed E-state index contributed by atoms with van der Waals surface area (Å²) in [5, 5.41) is 21.5. The lowest BCUT2D eigenvalue weighted by atomic mass is 10.3. The Kier molecular flexibility index (Phi) is 6.38. The van der Waals surface area contributed by atoms with Gasteiger partial charge in [0.05, 0.1) is 0 Å². The number of urea groups is 1. The van der Waals surface area contributed by atoms with E-state index in [1.54, 1.807) is 0 Å². The molecule has 0 aromatic heterocycles. The van der Waals surface area contributed by atoms with Gasteiger partial charge in [0.2, 0.25) is 0 Å². The molecule has 0 saturated heterocycles. The third-order valence-corrected chi connectivity index (χ3v) is 1.51. The summed E-state index contributed by atoms with van der Waals surface area (Å²) in [6, 6.07) is 0.927. The van der Waals surface area contributed by atoms with Crippen molar-refractivity contribution < 1.29 is 14.7 Å². The zero-order chi connectivity index (χ0) is 11.7. The number of carboxylic acids is 1. The van der Waals surface area contributed by atoms with Gasteiger partial charge in [0.1, 0.15) is 6.07 Å². The molecule has 0 fully saturated rings. The molecule has 0 rings (SSSR count). The van der Waals surface area contributed by atoms with Gasteiger partial charge in [-0.05, 0) is 6.42 Å². The lowest BCUT2D eigenvalue weighted by molar-refractivity contribution is -0.132. The minimum atomic E-state index is -1.37. The summed E-state index contributed by atoms with van der Waals surface area (Å²) in [6.07, 6.45) is 2.67. The summed E-state index contributed by atoms with van der Waals surface area (Å²) < 4.78 is 0. The van der Waals surface area contributed by atoms with E-state index in [-0.39, 0.29) is 0 Å². The van der Waals surface area contributed by atoms with Crippen LogP contribution in [-0.2, 0) is 4.79 Å². The topological polar surface area (TPSA) is 102 Å². The van der Waals surface area contributed by atoms with Gasteiger partial charge in [-0.1, -0.05) is 13.3 Å². The number of nitrogens with one attached hydrogen (secondary N) is 2. The second kappa shape index (κ2) is 7.38. The summed E-state index contributed by atoms with van der Waals surface area (Å²) in [4.78, 5) is 21.3. The number of aliphatic carboxylic acids is 1. The van der Waals surface area contributed by atoms with Crippen molar-refractivity contribution in [3.8, 4) is 6.07 Å². The smallest absolute Gasteiger partial charge is 0.347 e. The maximum absolute atomic E-state index is 11.0. The molecule has 2 amide bonds. The molecule has 82 valence electrons. The largest absolute Gasteiger partial charge is 0.477 e. The highest BCUT2D eigenvalue weighted by Gasteiger charge is 2.05. The lowest BCUT2D eigenvalue weighted by Gasteiger charge is -2.02. The molecule has 0 aliphatic rings. The van der Waals surface area contributed by atoms with Crippen LogP contribution in [0.25, 0.3) is 0 Å². The molecule has 0 aliphatic heterocycles. The monoisotopic (exact) mass is 211 g/mol. The number of rotatable bonds is 5. The Bertz CT molecular complexity index is 304. The molecular weight excluding hydrogens is 198 g/mol.